The van der Waals surface area contributed by atoms with Crippen LogP contribution in [0.25, 0.3) is 33.6 Å². The van der Waals surface area contributed by atoms with E-state index in [9.17, 15) is 15.0 Å². The van der Waals surface area contributed by atoms with E-state index in [4.69, 9.17) is 42.6 Å². The van der Waals surface area contributed by atoms with Gasteiger partial charge in [0.1, 0.15) is 11.4 Å². The summed E-state index contributed by atoms with van der Waals surface area (Å²) in [6.07, 6.45) is 4.79. The van der Waals surface area contributed by atoms with Crippen LogP contribution in [0.15, 0.2) is 48.8 Å². The number of nitrogens with one attached hydrogen (secondary N) is 2. The van der Waals surface area contributed by atoms with Gasteiger partial charge >= 0.3 is 0 Å². The second kappa shape index (κ2) is 15.8. The van der Waals surface area contributed by atoms with E-state index in [-0.39, 0.29) is 24.5 Å². The van der Waals surface area contributed by atoms with Gasteiger partial charge < -0.3 is 30.3 Å². The molecule has 6 rings (SSSR count). The summed E-state index contributed by atoms with van der Waals surface area (Å²) < 4.78 is 11.2. The third-order valence-corrected chi connectivity index (χ3v) is 9.85. The number of hydrogen-bond acceptors (Lipinski definition) is 11. The van der Waals surface area contributed by atoms with Gasteiger partial charge in [0.05, 0.1) is 54.2 Å². The standard InChI is InChI=1S/C35H39Cl2N7O5/c1-48-34-28(14-38-13-21-9-10-31(47)41-21)39-15-26(42-34)24-7-3-5-22(32(24)36)23-6-4-8-25(33(23)37)27-16-40-29(35(43-27)49-2)17-44-12-11-20(19-45)30(46)18-44/h3-8,15-16,20-21,30,38,45-46H,9-14,17-19H2,1-2H3,(H,41,47)/t20-,21-,30?/m0/s1. The van der Waals surface area contributed by atoms with E-state index in [0.29, 0.717) is 106 Å². The number of rotatable bonds is 12. The van der Waals surface area contributed by atoms with Gasteiger partial charge in [0.2, 0.25) is 17.7 Å². The SMILES string of the molecule is COc1nc(-c2cccc(-c3cccc(-c4cnc(CN5CC[C@@H](CO)C(O)C5)c(OC)n4)c3Cl)c2Cl)cnc1CNC[C@@H]1CCC(=O)N1. The number of aromatic nitrogens is 4. The first-order valence-corrected chi connectivity index (χ1v) is 16.9. The van der Waals surface area contributed by atoms with Crippen molar-refractivity contribution in [2.24, 2.45) is 5.92 Å². The molecule has 0 aliphatic carbocycles. The minimum absolute atomic E-state index is 0.0269. The largest absolute Gasteiger partial charge is 0.480 e. The van der Waals surface area contributed by atoms with Crippen LogP contribution >= 0.6 is 23.2 Å². The summed E-state index contributed by atoms with van der Waals surface area (Å²) in [4.78, 5) is 32.3. The number of amides is 1. The second-order valence-corrected chi connectivity index (χ2v) is 13.0. The van der Waals surface area contributed by atoms with E-state index in [2.05, 4.69) is 25.5 Å². The maximum Gasteiger partial charge on any atom is 0.237 e. The molecule has 0 bridgehead atoms. The van der Waals surface area contributed by atoms with Crippen molar-refractivity contribution in [3.05, 3.63) is 70.2 Å². The average Bonchev–Trinajstić information content (AvgIpc) is 3.53. The summed E-state index contributed by atoms with van der Waals surface area (Å²) in [5, 5.41) is 27.0. The van der Waals surface area contributed by atoms with Gasteiger partial charge in [-0.15, -0.1) is 0 Å². The molecule has 258 valence electrons. The summed E-state index contributed by atoms with van der Waals surface area (Å²) >= 11 is 14.1. The topological polar surface area (TPSA) is 155 Å². The molecule has 2 aliphatic rings. The van der Waals surface area contributed by atoms with Crippen LogP contribution < -0.4 is 20.1 Å². The molecule has 49 heavy (non-hydrogen) atoms. The molecule has 12 nitrogen and oxygen atoms in total. The van der Waals surface area contributed by atoms with Crippen molar-refractivity contribution in [1.29, 1.82) is 0 Å². The number of aliphatic hydroxyl groups is 2. The highest BCUT2D eigenvalue weighted by Crippen LogP contribution is 2.42. The molecule has 4 N–H and O–H groups in total. The first-order valence-electron chi connectivity index (χ1n) is 16.2. The van der Waals surface area contributed by atoms with Crippen LogP contribution in [0.1, 0.15) is 30.7 Å². The molecule has 14 heteroatoms. The van der Waals surface area contributed by atoms with Gasteiger partial charge in [-0.05, 0) is 19.4 Å². The van der Waals surface area contributed by atoms with Gasteiger partial charge in [0, 0.05) is 73.4 Å². The zero-order valence-electron chi connectivity index (χ0n) is 27.3. The Bertz CT molecular complexity index is 1810. The van der Waals surface area contributed by atoms with Crippen molar-refractivity contribution >= 4 is 29.1 Å². The van der Waals surface area contributed by atoms with Crippen molar-refractivity contribution in [3.63, 3.8) is 0 Å². The molecule has 3 atom stereocenters. The van der Waals surface area contributed by atoms with Gasteiger partial charge in [-0.3, -0.25) is 19.7 Å². The Morgan fingerprint density at radius 2 is 1.51 bits per heavy atom. The highest BCUT2D eigenvalue weighted by atomic mass is 35.5. The van der Waals surface area contributed by atoms with Crippen LogP contribution in [-0.2, 0) is 17.9 Å². The molecular formula is C35H39Cl2N7O5. The molecule has 1 amide bonds. The normalized spacial score (nSPS) is 19.6. The molecule has 4 aromatic rings. The molecule has 0 saturated carbocycles. The fraction of sp³-hybridized carbons (Fsp3) is 0.400. The molecule has 2 aromatic carbocycles. The van der Waals surface area contributed by atoms with Crippen LogP contribution in [-0.4, -0.2) is 93.6 Å². The number of ether oxygens (including phenoxy) is 2. The van der Waals surface area contributed by atoms with Crippen LogP contribution in [0.2, 0.25) is 10.0 Å². The highest BCUT2D eigenvalue weighted by molar-refractivity contribution is 6.39. The maximum absolute atomic E-state index is 11.5. The van der Waals surface area contributed by atoms with E-state index < -0.39 is 6.10 Å². The number of carbonyl (C=O) groups excluding carboxylic acids is 1. The Hall–Kier alpha value is -3.91. The van der Waals surface area contributed by atoms with E-state index in [1.54, 1.807) is 26.6 Å². The van der Waals surface area contributed by atoms with Gasteiger partial charge in [0.25, 0.3) is 0 Å². The van der Waals surface area contributed by atoms with Gasteiger partial charge in [0.15, 0.2) is 0 Å². The van der Waals surface area contributed by atoms with Gasteiger partial charge in [-0.2, -0.15) is 0 Å². The van der Waals surface area contributed by atoms with Crippen molar-refractivity contribution in [2.75, 3.05) is 40.5 Å². The molecular weight excluding hydrogens is 669 g/mol. The minimum atomic E-state index is -0.599. The van der Waals surface area contributed by atoms with Gasteiger partial charge in [-0.1, -0.05) is 59.6 Å². The lowest BCUT2D eigenvalue weighted by Gasteiger charge is -2.34. The highest BCUT2D eigenvalue weighted by Gasteiger charge is 2.28. The Balaban J connectivity index is 1.22. The van der Waals surface area contributed by atoms with Crippen molar-refractivity contribution in [3.8, 4) is 45.4 Å². The molecule has 0 spiro atoms. The fourth-order valence-electron chi connectivity index (χ4n) is 6.30. The van der Waals surface area contributed by atoms with Crippen LogP contribution in [0.4, 0.5) is 0 Å². The first kappa shape index (κ1) is 34.9. The molecule has 0 radical (unpaired) electrons. The number of methoxy groups -OCH3 is 2. The molecule has 2 aromatic heterocycles. The lowest BCUT2D eigenvalue weighted by Crippen LogP contribution is -2.44. The molecule has 2 saturated heterocycles. The Morgan fingerprint density at radius 1 is 0.918 bits per heavy atom. The smallest absolute Gasteiger partial charge is 0.237 e. The Labute approximate surface area is 294 Å². The molecule has 2 aliphatic heterocycles. The van der Waals surface area contributed by atoms with Crippen LogP contribution in [0, 0.1) is 5.92 Å². The van der Waals surface area contributed by atoms with E-state index in [0.717, 1.165) is 13.0 Å². The van der Waals surface area contributed by atoms with Gasteiger partial charge in [-0.25, -0.2) is 9.97 Å². The number of carbonyl (C=O) groups is 1. The van der Waals surface area contributed by atoms with Crippen LogP contribution in [0.5, 0.6) is 11.8 Å². The van der Waals surface area contributed by atoms with Crippen molar-refractivity contribution in [2.45, 2.75) is 44.5 Å². The third-order valence-electron chi connectivity index (χ3n) is 9.03. The number of likely N-dealkylation sites (tertiary alicyclic amines) is 1. The number of halogens is 2. The Kier molecular flexibility index (Phi) is 11.2. The molecule has 1 unspecified atom stereocenters. The predicted octanol–water partition coefficient (Wildman–Crippen LogP) is 4.13. The quantitative estimate of drug-likeness (QED) is 0.168. The number of aliphatic hydroxyl groups excluding tert-OH is 2. The summed E-state index contributed by atoms with van der Waals surface area (Å²) in [6.45, 7) is 2.65. The summed E-state index contributed by atoms with van der Waals surface area (Å²) in [5.74, 6) is 0.713. The van der Waals surface area contributed by atoms with E-state index in [1.165, 1.54) is 0 Å². The first-order chi connectivity index (χ1) is 23.8. The van der Waals surface area contributed by atoms with Crippen molar-refractivity contribution in [1.82, 2.24) is 35.5 Å². The molecule has 4 heterocycles. The zero-order chi connectivity index (χ0) is 34.5. The lowest BCUT2D eigenvalue weighted by molar-refractivity contribution is -0.119. The summed E-state index contributed by atoms with van der Waals surface area (Å²) in [7, 11) is 3.10. The van der Waals surface area contributed by atoms with Crippen LogP contribution in [0.3, 0.4) is 0 Å². The monoisotopic (exact) mass is 707 g/mol. The van der Waals surface area contributed by atoms with Crippen molar-refractivity contribution < 1.29 is 24.5 Å². The zero-order valence-corrected chi connectivity index (χ0v) is 28.8. The number of hydrogen-bond donors (Lipinski definition) is 4. The maximum atomic E-state index is 11.5. The number of benzene rings is 2. The third kappa shape index (κ3) is 7.80. The summed E-state index contributed by atoms with van der Waals surface area (Å²) in [5.41, 5.74) is 5.10. The number of nitrogens with zero attached hydrogens (tertiary/aromatic N) is 5. The van der Waals surface area contributed by atoms with E-state index in [1.807, 2.05) is 36.4 Å². The lowest BCUT2D eigenvalue weighted by atomic mass is 9.95. The summed E-state index contributed by atoms with van der Waals surface area (Å²) in [6, 6.07) is 11.4. The molecule has 2 fully saturated rings. The second-order valence-electron chi connectivity index (χ2n) is 12.2. The number of piperidine rings is 1. The Morgan fingerprint density at radius 3 is 2.06 bits per heavy atom. The number of β-amino-alcohol motifs (C(OH)–C–C–N with tert-alkyl or cyclic N) is 1. The van der Waals surface area contributed by atoms with E-state index >= 15 is 0 Å². The minimum Gasteiger partial charge on any atom is -0.480 e. The average molecular weight is 709 g/mol. The fourth-order valence-corrected chi connectivity index (χ4v) is 6.94. The predicted molar refractivity (Wildman–Crippen MR) is 186 cm³/mol.